The lowest BCUT2D eigenvalue weighted by molar-refractivity contribution is 0.0955. The van der Waals surface area contributed by atoms with Gasteiger partial charge < -0.3 is 5.32 Å². The van der Waals surface area contributed by atoms with Crippen LogP contribution in [-0.2, 0) is 6.54 Å². The number of nitrogens with one attached hydrogen (secondary N) is 1. The van der Waals surface area contributed by atoms with Gasteiger partial charge in [-0.1, -0.05) is 37.6 Å². The molecule has 0 atom stereocenters. The van der Waals surface area contributed by atoms with Crippen LogP contribution < -0.4 is 5.32 Å². The summed E-state index contributed by atoms with van der Waals surface area (Å²) in [6.07, 6.45) is 0. The summed E-state index contributed by atoms with van der Waals surface area (Å²) < 4.78 is 12.9. The number of benzene rings is 1. The van der Waals surface area contributed by atoms with Gasteiger partial charge in [0.05, 0.1) is 9.90 Å². The minimum absolute atomic E-state index is 0.203. The van der Waals surface area contributed by atoms with Crippen LogP contribution in [0.2, 0.25) is 5.02 Å². The monoisotopic (exact) mass is 299 g/mol. The van der Waals surface area contributed by atoms with Crippen LogP contribution in [0.15, 0.2) is 35.7 Å². The van der Waals surface area contributed by atoms with Crippen molar-refractivity contribution >= 4 is 28.8 Å². The molecule has 2 rings (SSSR count). The normalized spacial score (nSPS) is 9.47. The van der Waals surface area contributed by atoms with Crippen molar-refractivity contribution in [3.8, 4) is 0 Å². The fourth-order valence-electron chi connectivity index (χ4n) is 1.35. The maximum atomic E-state index is 12.9. The maximum absolute atomic E-state index is 12.9. The summed E-state index contributed by atoms with van der Waals surface area (Å²) in [7, 11) is 0. The number of amides is 1. The minimum atomic E-state index is -0.309. The van der Waals surface area contributed by atoms with Crippen LogP contribution in [-0.4, -0.2) is 5.91 Å². The molecule has 102 valence electrons. The molecule has 0 saturated carbocycles. The van der Waals surface area contributed by atoms with Gasteiger partial charge in [0.15, 0.2) is 0 Å². The molecule has 0 aliphatic heterocycles. The largest absolute Gasteiger partial charge is 0.347 e. The van der Waals surface area contributed by atoms with E-state index in [4.69, 9.17) is 11.6 Å². The van der Waals surface area contributed by atoms with Crippen molar-refractivity contribution in [1.82, 2.24) is 5.32 Å². The van der Waals surface area contributed by atoms with Gasteiger partial charge in [-0.15, -0.1) is 11.3 Å². The Bertz CT molecular complexity index is 542. The van der Waals surface area contributed by atoms with Gasteiger partial charge in [0, 0.05) is 11.9 Å². The Labute approximate surface area is 121 Å². The van der Waals surface area contributed by atoms with Crippen molar-refractivity contribution in [3.05, 3.63) is 57.0 Å². The Balaban J connectivity index is 0.000000861. The highest BCUT2D eigenvalue weighted by Crippen LogP contribution is 2.18. The molecule has 5 heteroatoms. The molecule has 1 aromatic carbocycles. The molecule has 0 saturated heterocycles. The van der Waals surface area contributed by atoms with Gasteiger partial charge in [0.1, 0.15) is 5.82 Å². The van der Waals surface area contributed by atoms with E-state index < -0.39 is 0 Å². The van der Waals surface area contributed by atoms with Crippen LogP contribution in [0, 0.1) is 5.82 Å². The minimum Gasteiger partial charge on any atom is -0.347 e. The third-order valence-electron chi connectivity index (χ3n) is 2.13. The number of hydrogen-bond donors (Lipinski definition) is 1. The summed E-state index contributed by atoms with van der Waals surface area (Å²) in [5.41, 5.74) is 0.723. The Morgan fingerprint density at radius 1 is 1.37 bits per heavy atom. The fourth-order valence-corrected chi connectivity index (χ4v) is 2.34. The van der Waals surface area contributed by atoms with Crippen LogP contribution >= 0.6 is 22.9 Å². The zero-order valence-corrected chi connectivity index (χ0v) is 12.3. The van der Waals surface area contributed by atoms with Crippen molar-refractivity contribution in [2.45, 2.75) is 20.4 Å². The zero-order chi connectivity index (χ0) is 14.3. The molecule has 1 heterocycles. The molecule has 0 aliphatic carbocycles. The van der Waals surface area contributed by atoms with E-state index >= 15 is 0 Å². The highest BCUT2D eigenvalue weighted by atomic mass is 35.5. The maximum Gasteiger partial charge on any atom is 0.261 e. The van der Waals surface area contributed by atoms with E-state index in [1.165, 1.54) is 23.5 Å². The van der Waals surface area contributed by atoms with Crippen LogP contribution in [0.5, 0.6) is 0 Å². The van der Waals surface area contributed by atoms with Crippen molar-refractivity contribution < 1.29 is 9.18 Å². The Kier molecular flexibility index (Phi) is 6.53. The number of carbonyl (C=O) groups excluding carboxylic acids is 1. The molecule has 0 aliphatic rings. The van der Waals surface area contributed by atoms with Crippen molar-refractivity contribution in [2.75, 3.05) is 0 Å². The SMILES string of the molecule is CC.O=C(NCc1cccc(F)c1)c1cc(Cl)cs1. The van der Waals surface area contributed by atoms with E-state index in [1.54, 1.807) is 23.6 Å². The lowest BCUT2D eigenvalue weighted by atomic mass is 10.2. The summed E-state index contributed by atoms with van der Waals surface area (Å²) >= 11 is 7.00. The molecule has 2 aromatic rings. The molecule has 0 spiro atoms. The molecular formula is C14H15ClFNOS. The van der Waals surface area contributed by atoms with Crippen LogP contribution in [0.1, 0.15) is 29.1 Å². The molecule has 0 bridgehead atoms. The summed E-state index contributed by atoms with van der Waals surface area (Å²) in [6.45, 7) is 4.30. The lowest BCUT2D eigenvalue weighted by Crippen LogP contribution is -2.21. The number of hydrogen-bond acceptors (Lipinski definition) is 2. The van der Waals surface area contributed by atoms with Gasteiger partial charge in [0.2, 0.25) is 0 Å². The number of thiophene rings is 1. The number of rotatable bonds is 3. The summed E-state index contributed by atoms with van der Waals surface area (Å²) in [5, 5.41) is 4.94. The summed E-state index contributed by atoms with van der Waals surface area (Å²) in [6, 6.07) is 7.72. The molecule has 0 unspecified atom stereocenters. The highest BCUT2D eigenvalue weighted by molar-refractivity contribution is 7.12. The van der Waals surface area contributed by atoms with Gasteiger partial charge in [-0.3, -0.25) is 4.79 Å². The molecular weight excluding hydrogens is 285 g/mol. The van der Waals surface area contributed by atoms with E-state index in [0.717, 1.165) is 5.56 Å². The van der Waals surface area contributed by atoms with Crippen LogP contribution in [0.3, 0.4) is 0 Å². The first-order valence-corrected chi connectivity index (χ1v) is 7.17. The third kappa shape index (κ3) is 5.01. The second-order valence-electron chi connectivity index (χ2n) is 3.44. The molecule has 0 radical (unpaired) electrons. The highest BCUT2D eigenvalue weighted by Gasteiger charge is 2.07. The second-order valence-corrected chi connectivity index (χ2v) is 4.79. The van der Waals surface area contributed by atoms with Gasteiger partial charge in [0.25, 0.3) is 5.91 Å². The second kappa shape index (κ2) is 7.92. The summed E-state index contributed by atoms with van der Waals surface area (Å²) in [4.78, 5) is 12.2. The Morgan fingerprint density at radius 2 is 2.11 bits per heavy atom. The third-order valence-corrected chi connectivity index (χ3v) is 3.41. The molecule has 2 nitrogen and oxygen atoms in total. The van der Waals surface area contributed by atoms with Gasteiger partial charge in [-0.25, -0.2) is 4.39 Å². The molecule has 1 aromatic heterocycles. The first-order valence-electron chi connectivity index (χ1n) is 5.92. The van der Waals surface area contributed by atoms with E-state index in [0.29, 0.717) is 16.4 Å². The number of halogens is 2. The topological polar surface area (TPSA) is 29.1 Å². The first kappa shape index (κ1) is 15.7. The van der Waals surface area contributed by atoms with Gasteiger partial charge >= 0.3 is 0 Å². The predicted octanol–water partition coefficient (Wildman–Crippen LogP) is 4.50. The van der Waals surface area contributed by atoms with Crippen LogP contribution in [0.4, 0.5) is 4.39 Å². The van der Waals surface area contributed by atoms with E-state index in [-0.39, 0.29) is 11.7 Å². The molecule has 0 fully saturated rings. The van der Waals surface area contributed by atoms with Crippen molar-refractivity contribution in [2.24, 2.45) is 0 Å². The Hall–Kier alpha value is -1.39. The first-order chi connectivity index (χ1) is 9.15. The predicted molar refractivity (Wildman–Crippen MR) is 78.2 cm³/mol. The Morgan fingerprint density at radius 3 is 2.68 bits per heavy atom. The quantitative estimate of drug-likeness (QED) is 0.888. The average Bonchev–Trinajstić information content (AvgIpc) is 2.85. The fraction of sp³-hybridized carbons (Fsp3) is 0.214. The van der Waals surface area contributed by atoms with Gasteiger partial charge in [-0.2, -0.15) is 0 Å². The lowest BCUT2D eigenvalue weighted by Gasteiger charge is -2.03. The van der Waals surface area contributed by atoms with E-state index in [9.17, 15) is 9.18 Å². The van der Waals surface area contributed by atoms with Crippen molar-refractivity contribution in [1.29, 1.82) is 0 Å². The number of carbonyl (C=O) groups is 1. The van der Waals surface area contributed by atoms with Crippen LogP contribution in [0.25, 0.3) is 0 Å². The molecule has 19 heavy (non-hydrogen) atoms. The average molecular weight is 300 g/mol. The summed E-state index contributed by atoms with van der Waals surface area (Å²) in [5.74, 6) is -0.512. The zero-order valence-electron chi connectivity index (χ0n) is 10.7. The van der Waals surface area contributed by atoms with E-state index in [2.05, 4.69) is 5.32 Å². The van der Waals surface area contributed by atoms with E-state index in [1.807, 2.05) is 13.8 Å². The molecule has 1 amide bonds. The van der Waals surface area contributed by atoms with Crippen molar-refractivity contribution in [3.63, 3.8) is 0 Å². The molecule has 1 N–H and O–H groups in total. The smallest absolute Gasteiger partial charge is 0.261 e. The standard InChI is InChI=1S/C12H9ClFNOS.C2H6/c13-9-5-11(17-7-9)12(16)15-6-8-2-1-3-10(14)4-8;1-2/h1-5,7H,6H2,(H,15,16);1-2H3. The van der Waals surface area contributed by atoms with Gasteiger partial charge in [-0.05, 0) is 23.8 Å².